The molecule has 21 heavy (non-hydrogen) atoms. The molecule has 0 atom stereocenters. The van der Waals surface area contributed by atoms with E-state index in [1.54, 1.807) is 24.3 Å². The number of halogens is 2. The van der Waals surface area contributed by atoms with Gasteiger partial charge in [-0.05, 0) is 42.1 Å². The Balaban J connectivity index is 2.01. The fraction of sp³-hybridized carbons (Fsp3) is 0. The van der Waals surface area contributed by atoms with Crippen LogP contribution in [0.1, 0.15) is 5.56 Å². The van der Waals surface area contributed by atoms with Gasteiger partial charge in [-0.15, -0.1) is 0 Å². The molecule has 0 aliphatic carbocycles. The van der Waals surface area contributed by atoms with Crippen LogP contribution >= 0.6 is 11.8 Å². The number of nitriles is 1. The molecule has 0 saturated carbocycles. The number of fused-ring (bicyclic) bond motifs is 1. The van der Waals surface area contributed by atoms with Gasteiger partial charge >= 0.3 is 0 Å². The highest BCUT2D eigenvalue weighted by atomic mass is 32.2. The van der Waals surface area contributed by atoms with Crippen molar-refractivity contribution in [3.8, 4) is 6.07 Å². The van der Waals surface area contributed by atoms with E-state index >= 15 is 0 Å². The summed E-state index contributed by atoms with van der Waals surface area (Å²) in [5, 5.41) is 8.75. The van der Waals surface area contributed by atoms with E-state index in [2.05, 4.69) is 4.98 Å². The van der Waals surface area contributed by atoms with Crippen molar-refractivity contribution < 1.29 is 13.2 Å². The van der Waals surface area contributed by atoms with Crippen molar-refractivity contribution in [2.24, 2.45) is 0 Å². The standard InChI is InChI=1S/C14H7F2N3OS/c15-9-3-7(6-17)4-10(16)13(9)21-14-19-11-5-8(18)1-2-12(11)20-14/h1-5H,18H2. The molecule has 3 rings (SSSR count). The van der Waals surface area contributed by atoms with Crippen molar-refractivity contribution in [1.29, 1.82) is 5.26 Å². The summed E-state index contributed by atoms with van der Waals surface area (Å²) in [5.41, 5.74) is 7.04. The summed E-state index contributed by atoms with van der Waals surface area (Å²) in [6, 6.07) is 8.50. The van der Waals surface area contributed by atoms with Crippen molar-refractivity contribution in [2.45, 2.75) is 10.1 Å². The summed E-state index contributed by atoms with van der Waals surface area (Å²) in [7, 11) is 0. The van der Waals surface area contributed by atoms with Crippen molar-refractivity contribution in [2.75, 3.05) is 5.73 Å². The number of rotatable bonds is 2. The number of nitrogens with two attached hydrogens (primary N) is 1. The van der Waals surface area contributed by atoms with Gasteiger partial charge in [0.05, 0.1) is 16.5 Å². The maximum atomic E-state index is 13.8. The first-order chi connectivity index (χ1) is 10.1. The highest BCUT2D eigenvalue weighted by Crippen LogP contribution is 2.34. The molecule has 0 aliphatic heterocycles. The second-order valence-corrected chi connectivity index (χ2v) is 5.15. The second kappa shape index (κ2) is 5.07. The smallest absolute Gasteiger partial charge is 0.261 e. The number of hydrogen-bond acceptors (Lipinski definition) is 5. The van der Waals surface area contributed by atoms with Crippen LogP contribution in [0.3, 0.4) is 0 Å². The van der Waals surface area contributed by atoms with Gasteiger partial charge in [0.25, 0.3) is 5.22 Å². The molecule has 0 unspecified atom stereocenters. The molecule has 0 aliphatic rings. The maximum Gasteiger partial charge on any atom is 0.261 e. The molecule has 0 spiro atoms. The monoisotopic (exact) mass is 303 g/mol. The van der Waals surface area contributed by atoms with Gasteiger partial charge in [0.15, 0.2) is 5.58 Å². The summed E-state index contributed by atoms with van der Waals surface area (Å²) < 4.78 is 33.0. The van der Waals surface area contributed by atoms with Gasteiger partial charge in [-0.2, -0.15) is 5.26 Å². The van der Waals surface area contributed by atoms with Gasteiger partial charge in [0.2, 0.25) is 0 Å². The Morgan fingerprint density at radius 1 is 1.19 bits per heavy atom. The first-order valence-corrected chi connectivity index (χ1v) is 6.61. The lowest BCUT2D eigenvalue weighted by Crippen LogP contribution is -1.90. The Morgan fingerprint density at radius 2 is 1.90 bits per heavy atom. The lowest BCUT2D eigenvalue weighted by molar-refractivity contribution is 0.485. The number of nitrogen functional groups attached to an aromatic ring is 1. The minimum atomic E-state index is -0.835. The third-order valence-electron chi connectivity index (χ3n) is 2.71. The van der Waals surface area contributed by atoms with Crippen molar-refractivity contribution in [1.82, 2.24) is 4.98 Å². The topological polar surface area (TPSA) is 75.8 Å². The summed E-state index contributed by atoms with van der Waals surface area (Å²) in [5.74, 6) is -1.67. The van der Waals surface area contributed by atoms with Crippen LogP contribution in [0.15, 0.2) is 44.9 Å². The molecule has 1 aromatic heterocycles. The molecule has 4 nitrogen and oxygen atoms in total. The van der Waals surface area contributed by atoms with Gasteiger partial charge in [-0.1, -0.05) is 0 Å². The van der Waals surface area contributed by atoms with E-state index < -0.39 is 11.6 Å². The van der Waals surface area contributed by atoms with Crippen LogP contribution in [-0.2, 0) is 0 Å². The lowest BCUT2D eigenvalue weighted by atomic mass is 10.2. The lowest BCUT2D eigenvalue weighted by Gasteiger charge is -2.01. The Bertz CT molecular complexity index is 863. The number of oxazole rings is 1. The van der Waals surface area contributed by atoms with E-state index in [-0.39, 0.29) is 15.7 Å². The average molecular weight is 303 g/mol. The summed E-state index contributed by atoms with van der Waals surface area (Å²) in [6.07, 6.45) is 0. The molecule has 0 amide bonds. The quantitative estimate of drug-likeness (QED) is 0.730. The van der Waals surface area contributed by atoms with E-state index in [0.29, 0.717) is 28.5 Å². The summed E-state index contributed by atoms with van der Waals surface area (Å²) in [4.78, 5) is 3.84. The predicted molar refractivity (Wildman–Crippen MR) is 73.6 cm³/mol. The average Bonchev–Trinajstić information content (AvgIpc) is 2.84. The third-order valence-corrected chi connectivity index (χ3v) is 3.65. The van der Waals surface area contributed by atoms with Crippen LogP contribution in [0, 0.1) is 23.0 Å². The molecule has 1 heterocycles. The molecule has 0 saturated heterocycles. The molecule has 0 radical (unpaired) electrons. The van der Waals surface area contributed by atoms with Crippen molar-refractivity contribution in [3.05, 3.63) is 47.5 Å². The van der Waals surface area contributed by atoms with Gasteiger partial charge in [0.1, 0.15) is 17.2 Å². The van der Waals surface area contributed by atoms with E-state index in [1.165, 1.54) is 0 Å². The van der Waals surface area contributed by atoms with Gasteiger partial charge in [-0.3, -0.25) is 0 Å². The highest BCUT2D eigenvalue weighted by Gasteiger charge is 2.16. The zero-order valence-electron chi connectivity index (χ0n) is 10.4. The molecule has 0 fully saturated rings. The summed E-state index contributed by atoms with van der Waals surface area (Å²) >= 11 is 0.714. The molecule has 3 aromatic rings. The number of hydrogen-bond donors (Lipinski definition) is 1. The minimum Gasteiger partial charge on any atom is -0.431 e. The largest absolute Gasteiger partial charge is 0.431 e. The Morgan fingerprint density at radius 3 is 2.57 bits per heavy atom. The number of benzene rings is 2. The molecule has 7 heteroatoms. The molecule has 0 bridgehead atoms. The normalized spacial score (nSPS) is 10.7. The van der Waals surface area contributed by atoms with Crippen LogP contribution in [0.5, 0.6) is 0 Å². The Hall–Kier alpha value is -2.59. The minimum absolute atomic E-state index is 0.0836. The van der Waals surface area contributed by atoms with Crippen molar-refractivity contribution >= 4 is 28.5 Å². The van der Waals surface area contributed by atoms with Crippen LogP contribution < -0.4 is 5.73 Å². The van der Waals surface area contributed by atoms with Crippen molar-refractivity contribution in [3.63, 3.8) is 0 Å². The summed E-state index contributed by atoms with van der Waals surface area (Å²) in [6.45, 7) is 0. The molecule has 2 aromatic carbocycles. The van der Waals surface area contributed by atoms with Crippen LogP contribution in [0.25, 0.3) is 11.1 Å². The maximum absolute atomic E-state index is 13.8. The first-order valence-electron chi connectivity index (χ1n) is 5.80. The van der Waals surface area contributed by atoms with Gasteiger partial charge in [-0.25, -0.2) is 13.8 Å². The van der Waals surface area contributed by atoms with Crippen LogP contribution in [0.4, 0.5) is 14.5 Å². The fourth-order valence-electron chi connectivity index (χ4n) is 1.78. The zero-order valence-corrected chi connectivity index (χ0v) is 11.2. The zero-order chi connectivity index (χ0) is 15.0. The first kappa shape index (κ1) is 13.4. The Kier molecular flexibility index (Phi) is 3.23. The number of nitrogens with zero attached hydrogens (tertiary/aromatic N) is 2. The van der Waals surface area contributed by atoms with Crippen LogP contribution in [0.2, 0.25) is 0 Å². The number of aromatic nitrogens is 1. The fourth-order valence-corrected chi connectivity index (χ4v) is 2.54. The molecular formula is C14H7F2N3OS. The predicted octanol–water partition coefficient (Wildman–Crippen LogP) is 3.71. The van der Waals surface area contributed by atoms with Gasteiger partial charge in [0, 0.05) is 5.69 Å². The Labute approximate surface area is 122 Å². The van der Waals surface area contributed by atoms with E-state index in [0.717, 1.165) is 12.1 Å². The van der Waals surface area contributed by atoms with E-state index in [1.807, 2.05) is 0 Å². The van der Waals surface area contributed by atoms with E-state index in [4.69, 9.17) is 15.4 Å². The van der Waals surface area contributed by atoms with Crippen LogP contribution in [-0.4, -0.2) is 4.98 Å². The van der Waals surface area contributed by atoms with E-state index in [9.17, 15) is 8.78 Å². The number of anilines is 1. The molecule has 2 N–H and O–H groups in total. The SMILES string of the molecule is N#Cc1cc(F)c(Sc2nc3cc(N)ccc3o2)c(F)c1. The molecule has 104 valence electrons. The highest BCUT2D eigenvalue weighted by molar-refractivity contribution is 7.99. The molecular weight excluding hydrogens is 296 g/mol. The second-order valence-electron chi connectivity index (χ2n) is 4.19. The van der Waals surface area contributed by atoms with Gasteiger partial charge < -0.3 is 10.2 Å². The third kappa shape index (κ3) is 2.53.